The molecule has 0 amide bonds. The second-order valence-corrected chi connectivity index (χ2v) is 6.75. The van der Waals surface area contributed by atoms with E-state index in [9.17, 15) is 0 Å². The van der Waals surface area contributed by atoms with Gasteiger partial charge in [0, 0.05) is 51.9 Å². The molecule has 6 heteroatoms. The molecule has 0 bridgehead atoms. The summed E-state index contributed by atoms with van der Waals surface area (Å²) in [5.41, 5.74) is 0. The number of aliphatic imine (C=N–C) groups is 1. The molecule has 1 saturated heterocycles. The maximum atomic E-state index is 4.39. The lowest BCUT2D eigenvalue weighted by molar-refractivity contribution is 0.107. The molecule has 5 nitrogen and oxygen atoms in total. The molecule has 23 heavy (non-hydrogen) atoms. The summed E-state index contributed by atoms with van der Waals surface area (Å²) in [6.07, 6.45) is 6.68. The molecule has 2 fully saturated rings. The van der Waals surface area contributed by atoms with Crippen molar-refractivity contribution in [3.05, 3.63) is 0 Å². The Balaban J connectivity index is 0.00000264. The lowest BCUT2D eigenvalue weighted by atomic mass is 9.96. The third kappa shape index (κ3) is 7.13. The van der Waals surface area contributed by atoms with Gasteiger partial charge in [0.2, 0.25) is 0 Å². The number of nitrogens with zero attached hydrogens (tertiary/aromatic N) is 3. The maximum absolute atomic E-state index is 4.39. The van der Waals surface area contributed by atoms with Crippen LogP contribution in [0.3, 0.4) is 0 Å². The number of halogens is 1. The standard InChI is InChI=1S/C17H35N5.HI/c1-4-21-10-12-22(13-11-21)15(2)14-19-17(18-3)20-16-8-6-5-7-9-16;/h15-16H,4-14H2,1-3H3,(H2,18,19,20);1H. The molecule has 0 radical (unpaired) electrons. The van der Waals surface area contributed by atoms with E-state index in [1.807, 2.05) is 7.05 Å². The van der Waals surface area contributed by atoms with E-state index in [0.717, 1.165) is 12.5 Å². The minimum Gasteiger partial charge on any atom is -0.355 e. The van der Waals surface area contributed by atoms with Gasteiger partial charge >= 0.3 is 0 Å². The van der Waals surface area contributed by atoms with E-state index in [2.05, 4.69) is 39.3 Å². The number of piperazine rings is 1. The Kier molecular flexibility index (Phi) is 10.5. The van der Waals surface area contributed by atoms with Gasteiger partial charge in [-0.25, -0.2) is 0 Å². The zero-order chi connectivity index (χ0) is 15.8. The van der Waals surface area contributed by atoms with Gasteiger partial charge in [0.25, 0.3) is 0 Å². The molecule has 2 N–H and O–H groups in total. The molecular formula is C17H36IN5. The van der Waals surface area contributed by atoms with E-state index in [1.54, 1.807) is 0 Å². The fraction of sp³-hybridized carbons (Fsp3) is 0.941. The van der Waals surface area contributed by atoms with Crippen molar-refractivity contribution in [3.8, 4) is 0 Å². The highest BCUT2D eigenvalue weighted by molar-refractivity contribution is 14.0. The average Bonchev–Trinajstić information content (AvgIpc) is 2.59. The second kappa shape index (κ2) is 11.5. The molecule has 1 atom stereocenters. The summed E-state index contributed by atoms with van der Waals surface area (Å²) in [4.78, 5) is 9.51. The van der Waals surface area contributed by atoms with Crippen LogP contribution in [0.2, 0.25) is 0 Å². The van der Waals surface area contributed by atoms with E-state index in [4.69, 9.17) is 0 Å². The molecule has 0 aromatic heterocycles. The third-order valence-corrected chi connectivity index (χ3v) is 5.21. The first-order valence-corrected chi connectivity index (χ1v) is 9.16. The Morgan fingerprint density at radius 1 is 1.13 bits per heavy atom. The number of nitrogens with one attached hydrogen (secondary N) is 2. The molecule has 2 aliphatic rings. The van der Waals surface area contributed by atoms with Crippen LogP contribution < -0.4 is 10.6 Å². The summed E-state index contributed by atoms with van der Waals surface area (Å²) >= 11 is 0. The van der Waals surface area contributed by atoms with Crippen molar-refractivity contribution in [2.45, 2.75) is 58.0 Å². The van der Waals surface area contributed by atoms with Gasteiger partial charge in [-0.05, 0) is 26.3 Å². The third-order valence-electron chi connectivity index (χ3n) is 5.21. The number of hydrogen-bond donors (Lipinski definition) is 2. The highest BCUT2D eigenvalue weighted by atomic mass is 127. The monoisotopic (exact) mass is 437 g/mol. The van der Waals surface area contributed by atoms with E-state index in [1.165, 1.54) is 64.8 Å². The Hall–Kier alpha value is -0.0800. The van der Waals surface area contributed by atoms with Crippen molar-refractivity contribution >= 4 is 29.9 Å². The van der Waals surface area contributed by atoms with Crippen molar-refractivity contribution in [2.24, 2.45) is 4.99 Å². The highest BCUT2D eigenvalue weighted by Gasteiger charge is 2.20. The first-order chi connectivity index (χ1) is 10.7. The number of likely N-dealkylation sites (N-methyl/N-ethyl adjacent to an activating group) is 1. The smallest absolute Gasteiger partial charge is 0.191 e. The molecule has 0 aromatic rings. The van der Waals surface area contributed by atoms with Gasteiger partial charge in [-0.3, -0.25) is 9.89 Å². The molecule has 0 aromatic carbocycles. The topological polar surface area (TPSA) is 42.9 Å². The minimum absolute atomic E-state index is 0. The Morgan fingerprint density at radius 3 is 2.35 bits per heavy atom. The van der Waals surface area contributed by atoms with Crippen molar-refractivity contribution in [1.82, 2.24) is 20.4 Å². The van der Waals surface area contributed by atoms with Crippen molar-refractivity contribution in [2.75, 3.05) is 46.3 Å². The molecule has 1 heterocycles. The summed E-state index contributed by atoms with van der Waals surface area (Å²) in [5.74, 6) is 0.978. The van der Waals surface area contributed by atoms with Gasteiger partial charge in [0.1, 0.15) is 0 Å². The largest absolute Gasteiger partial charge is 0.355 e. The summed E-state index contributed by atoms with van der Waals surface area (Å²) in [6, 6.07) is 1.17. The van der Waals surface area contributed by atoms with Crippen molar-refractivity contribution < 1.29 is 0 Å². The first-order valence-electron chi connectivity index (χ1n) is 9.16. The Labute approximate surface area is 159 Å². The molecule has 2 rings (SSSR count). The van der Waals surface area contributed by atoms with Gasteiger partial charge in [-0.1, -0.05) is 26.2 Å². The van der Waals surface area contributed by atoms with Crippen LogP contribution in [0.5, 0.6) is 0 Å². The van der Waals surface area contributed by atoms with E-state index >= 15 is 0 Å². The van der Waals surface area contributed by atoms with Crippen LogP contribution in [-0.2, 0) is 0 Å². The quantitative estimate of drug-likeness (QED) is 0.393. The van der Waals surface area contributed by atoms with Gasteiger partial charge in [-0.15, -0.1) is 24.0 Å². The molecule has 1 aliphatic heterocycles. The van der Waals surface area contributed by atoms with Crippen LogP contribution in [0.1, 0.15) is 46.0 Å². The van der Waals surface area contributed by atoms with Crippen LogP contribution in [-0.4, -0.2) is 74.2 Å². The molecule has 0 spiro atoms. The van der Waals surface area contributed by atoms with E-state index in [0.29, 0.717) is 12.1 Å². The maximum Gasteiger partial charge on any atom is 0.191 e. The lowest BCUT2D eigenvalue weighted by Crippen LogP contribution is -2.53. The minimum atomic E-state index is 0. The van der Waals surface area contributed by atoms with E-state index in [-0.39, 0.29) is 24.0 Å². The zero-order valence-corrected chi connectivity index (χ0v) is 17.5. The van der Waals surface area contributed by atoms with Crippen LogP contribution in [0.15, 0.2) is 4.99 Å². The predicted octanol–water partition coefficient (Wildman–Crippen LogP) is 2.13. The molecule has 1 unspecified atom stereocenters. The SMILES string of the molecule is CCN1CCN(C(C)CNC(=NC)NC2CCCCC2)CC1.I. The van der Waals surface area contributed by atoms with Gasteiger partial charge < -0.3 is 15.5 Å². The zero-order valence-electron chi connectivity index (χ0n) is 15.2. The summed E-state index contributed by atoms with van der Waals surface area (Å²) < 4.78 is 0. The van der Waals surface area contributed by atoms with Crippen LogP contribution in [0.25, 0.3) is 0 Å². The number of guanidine groups is 1. The van der Waals surface area contributed by atoms with Gasteiger partial charge in [-0.2, -0.15) is 0 Å². The number of rotatable bonds is 5. The average molecular weight is 437 g/mol. The summed E-state index contributed by atoms with van der Waals surface area (Å²) in [5, 5.41) is 7.11. The normalized spacial score (nSPS) is 23.2. The highest BCUT2D eigenvalue weighted by Crippen LogP contribution is 2.17. The molecule has 1 aliphatic carbocycles. The molecular weight excluding hydrogens is 401 g/mol. The van der Waals surface area contributed by atoms with Crippen molar-refractivity contribution in [1.29, 1.82) is 0 Å². The van der Waals surface area contributed by atoms with Gasteiger partial charge in [0.05, 0.1) is 0 Å². The second-order valence-electron chi connectivity index (χ2n) is 6.75. The first kappa shape index (κ1) is 21.0. The van der Waals surface area contributed by atoms with Gasteiger partial charge in [0.15, 0.2) is 5.96 Å². The summed E-state index contributed by atoms with van der Waals surface area (Å²) in [6.45, 7) is 11.5. The fourth-order valence-electron chi connectivity index (χ4n) is 3.53. The van der Waals surface area contributed by atoms with Crippen LogP contribution in [0, 0.1) is 0 Å². The van der Waals surface area contributed by atoms with Crippen LogP contribution >= 0.6 is 24.0 Å². The number of hydrogen-bond acceptors (Lipinski definition) is 3. The Morgan fingerprint density at radius 2 is 1.78 bits per heavy atom. The van der Waals surface area contributed by atoms with Crippen molar-refractivity contribution in [3.63, 3.8) is 0 Å². The van der Waals surface area contributed by atoms with E-state index < -0.39 is 0 Å². The molecule has 136 valence electrons. The lowest BCUT2D eigenvalue weighted by Gasteiger charge is -2.38. The Bertz CT molecular complexity index is 336. The molecule has 1 saturated carbocycles. The predicted molar refractivity (Wildman–Crippen MR) is 110 cm³/mol. The summed E-state index contributed by atoms with van der Waals surface area (Å²) in [7, 11) is 1.88. The fourth-order valence-corrected chi connectivity index (χ4v) is 3.53. The van der Waals surface area contributed by atoms with Crippen LogP contribution in [0.4, 0.5) is 0 Å².